The first kappa shape index (κ1) is 13.4. The molecule has 1 aromatic rings. The summed E-state index contributed by atoms with van der Waals surface area (Å²) in [6, 6.07) is 5.01. The number of hydrogen-bond acceptors (Lipinski definition) is 3. The Morgan fingerprint density at radius 3 is 2.79 bits per heavy atom. The number of aryl methyl sites for hydroxylation is 1. The molecule has 1 fully saturated rings. The van der Waals surface area contributed by atoms with E-state index in [1.165, 1.54) is 0 Å². The number of carbonyl (C=O) groups excluding carboxylic acids is 2. The van der Waals surface area contributed by atoms with Crippen molar-refractivity contribution in [2.45, 2.75) is 25.8 Å². The predicted molar refractivity (Wildman–Crippen MR) is 73.7 cm³/mol. The van der Waals surface area contributed by atoms with Gasteiger partial charge in [-0.2, -0.15) is 0 Å². The highest BCUT2D eigenvalue weighted by atomic mass is 16.2. The standard InChI is InChI=1S/C14H19N3O2/c1-9-5-3-6-10(15)12(9)14(19)17-8-4-7-11(17)13(18)16-2/h3,5-6,11H,4,7-8,15H2,1-2H3,(H,16,18). The van der Waals surface area contributed by atoms with Crippen molar-refractivity contribution in [3.05, 3.63) is 29.3 Å². The average molecular weight is 261 g/mol. The van der Waals surface area contributed by atoms with E-state index in [9.17, 15) is 9.59 Å². The van der Waals surface area contributed by atoms with Crippen LogP contribution in [0, 0.1) is 6.92 Å². The largest absolute Gasteiger partial charge is 0.398 e. The highest BCUT2D eigenvalue weighted by Crippen LogP contribution is 2.24. The maximum absolute atomic E-state index is 12.6. The molecule has 1 aliphatic heterocycles. The van der Waals surface area contributed by atoms with Gasteiger partial charge in [-0.05, 0) is 31.4 Å². The van der Waals surface area contributed by atoms with Crippen molar-refractivity contribution in [3.8, 4) is 0 Å². The lowest BCUT2D eigenvalue weighted by Crippen LogP contribution is -2.45. The Labute approximate surface area is 112 Å². The average Bonchev–Trinajstić information content (AvgIpc) is 2.86. The molecule has 5 nitrogen and oxygen atoms in total. The second-order valence-electron chi connectivity index (χ2n) is 4.81. The van der Waals surface area contributed by atoms with Gasteiger partial charge in [0.05, 0.1) is 5.56 Å². The van der Waals surface area contributed by atoms with Crippen LogP contribution >= 0.6 is 0 Å². The molecule has 0 spiro atoms. The number of likely N-dealkylation sites (tertiary alicyclic amines) is 1. The van der Waals surface area contributed by atoms with E-state index in [0.29, 0.717) is 24.2 Å². The number of rotatable bonds is 2. The van der Waals surface area contributed by atoms with E-state index in [-0.39, 0.29) is 17.9 Å². The number of carbonyl (C=O) groups is 2. The third-order valence-corrected chi connectivity index (χ3v) is 3.58. The molecule has 0 bridgehead atoms. The fourth-order valence-corrected chi connectivity index (χ4v) is 2.58. The van der Waals surface area contributed by atoms with Crippen molar-refractivity contribution in [2.75, 3.05) is 19.3 Å². The van der Waals surface area contributed by atoms with Crippen LogP contribution in [-0.4, -0.2) is 36.3 Å². The minimum Gasteiger partial charge on any atom is -0.398 e. The van der Waals surface area contributed by atoms with Gasteiger partial charge in [-0.1, -0.05) is 12.1 Å². The smallest absolute Gasteiger partial charge is 0.256 e. The number of benzene rings is 1. The highest BCUT2D eigenvalue weighted by molar-refractivity contribution is 6.02. The van der Waals surface area contributed by atoms with Crippen LogP contribution in [0.25, 0.3) is 0 Å². The van der Waals surface area contributed by atoms with Gasteiger partial charge in [0.15, 0.2) is 0 Å². The number of likely N-dealkylation sites (N-methyl/N-ethyl adjacent to an activating group) is 1. The van der Waals surface area contributed by atoms with Crippen molar-refractivity contribution in [1.82, 2.24) is 10.2 Å². The maximum atomic E-state index is 12.6. The summed E-state index contributed by atoms with van der Waals surface area (Å²) >= 11 is 0. The highest BCUT2D eigenvalue weighted by Gasteiger charge is 2.34. The van der Waals surface area contributed by atoms with Crippen molar-refractivity contribution in [2.24, 2.45) is 0 Å². The van der Waals surface area contributed by atoms with Crippen molar-refractivity contribution < 1.29 is 9.59 Å². The molecule has 19 heavy (non-hydrogen) atoms. The van der Waals surface area contributed by atoms with E-state index in [0.717, 1.165) is 12.0 Å². The van der Waals surface area contributed by atoms with Gasteiger partial charge in [0.2, 0.25) is 5.91 Å². The number of nitrogens with two attached hydrogens (primary N) is 1. The molecule has 0 aliphatic carbocycles. The number of hydrogen-bond donors (Lipinski definition) is 2. The maximum Gasteiger partial charge on any atom is 0.256 e. The Morgan fingerprint density at radius 1 is 1.42 bits per heavy atom. The molecule has 1 saturated heterocycles. The lowest BCUT2D eigenvalue weighted by Gasteiger charge is -2.24. The SMILES string of the molecule is CNC(=O)C1CCCN1C(=O)c1c(C)cccc1N. The van der Waals surface area contributed by atoms with Gasteiger partial charge in [0, 0.05) is 19.3 Å². The van der Waals surface area contributed by atoms with Crippen LogP contribution in [0.1, 0.15) is 28.8 Å². The molecule has 1 aliphatic rings. The molecule has 1 aromatic carbocycles. The Hall–Kier alpha value is -2.04. The van der Waals surface area contributed by atoms with Crippen LogP contribution in [0.15, 0.2) is 18.2 Å². The predicted octanol–water partition coefficient (Wildman–Crippen LogP) is 0.928. The number of nitrogens with zero attached hydrogens (tertiary/aromatic N) is 1. The van der Waals surface area contributed by atoms with E-state index < -0.39 is 0 Å². The second kappa shape index (κ2) is 5.30. The van der Waals surface area contributed by atoms with Crippen LogP contribution in [-0.2, 0) is 4.79 Å². The topological polar surface area (TPSA) is 75.4 Å². The molecule has 2 amide bonds. The van der Waals surface area contributed by atoms with Crippen LogP contribution in [0.4, 0.5) is 5.69 Å². The summed E-state index contributed by atoms with van der Waals surface area (Å²) in [5.74, 6) is -0.264. The molecular formula is C14H19N3O2. The summed E-state index contributed by atoms with van der Waals surface area (Å²) in [5, 5.41) is 2.61. The Kier molecular flexibility index (Phi) is 3.74. The van der Waals surface area contributed by atoms with E-state index >= 15 is 0 Å². The number of nitrogen functional groups attached to an aromatic ring is 1. The fraction of sp³-hybridized carbons (Fsp3) is 0.429. The zero-order valence-corrected chi connectivity index (χ0v) is 11.3. The fourth-order valence-electron chi connectivity index (χ4n) is 2.58. The summed E-state index contributed by atoms with van der Waals surface area (Å²) in [5.41, 5.74) is 7.71. The summed E-state index contributed by atoms with van der Waals surface area (Å²) < 4.78 is 0. The molecule has 5 heteroatoms. The number of amides is 2. The lowest BCUT2D eigenvalue weighted by atomic mass is 10.0. The molecule has 0 saturated carbocycles. The Morgan fingerprint density at radius 2 is 2.16 bits per heavy atom. The molecular weight excluding hydrogens is 242 g/mol. The summed E-state index contributed by atoms with van der Waals surface area (Å²) in [7, 11) is 1.59. The van der Waals surface area contributed by atoms with Crippen molar-refractivity contribution in [3.63, 3.8) is 0 Å². The molecule has 1 unspecified atom stereocenters. The quantitative estimate of drug-likeness (QED) is 0.778. The molecule has 1 heterocycles. The minimum absolute atomic E-state index is 0.113. The molecule has 2 rings (SSSR count). The van der Waals surface area contributed by atoms with Gasteiger partial charge in [0.1, 0.15) is 6.04 Å². The molecule has 0 radical (unpaired) electrons. The first-order valence-corrected chi connectivity index (χ1v) is 6.44. The third-order valence-electron chi connectivity index (χ3n) is 3.58. The summed E-state index contributed by atoms with van der Waals surface area (Å²) in [4.78, 5) is 26.0. The minimum atomic E-state index is -0.378. The Bertz CT molecular complexity index is 493. The summed E-state index contributed by atoms with van der Waals surface area (Å²) in [6.07, 6.45) is 1.55. The van der Waals surface area contributed by atoms with E-state index in [1.54, 1.807) is 18.0 Å². The Balaban J connectivity index is 2.31. The van der Waals surface area contributed by atoms with Gasteiger partial charge >= 0.3 is 0 Å². The van der Waals surface area contributed by atoms with E-state index in [4.69, 9.17) is 5.73 Å². The summed E-state index contributed by atoms with van der Waals surface area (Å²) in [6.45, 7) is 2.46. The lowest BCUT2D eigenvalue weighted by molar-refractivity contribution is -0.124. The van der Waals surface area contributed by atoms with Crippen LogP contribution in [0.2, 0.25) is 0 Å². The van der Waals surface area contributed by atoms with E-state index in [1.807, 2.05) is 19.1 Å². The van der Waals surface area contributed by atoms with Gasteiger partial charge in [-0.25, -0.2) is 0 Å². The van der Waals surface area contributed by atoms with E-state index in [2.05, 4.69) is 5.32 Å². The van der Waals surface area contributed by atoms with Crippen molar-refractivity contribution >= 4 is 17.5 Å². The van der Waals surface area contributed by atoms with Crippen LogP contribution in [0.5, 0.6) is 0 Å². The first-order valence-electron chi connectivity index (χ1n) is 6.44. The first-order chi connectivity index (χ1) is 9.06. The zero-order chi connectivity index (χ0) is 14.0. The molecule has 102 valence electrons. The molecule has 0 aromatic heterocycles. The normalized spacial score (nSPS) is 18.4. The number of nitrogens with one attached hydrogen (secondary N) is 1. The third kappa shape index (κ3) is 2.41. The van der Waals surface area contributed by atoms with Gasteiger partial charge in [-0.15, -0.1) is 0 Å². The van der Waals surface area contributed by atoms with Gasteiger partial charge < -0.3 is 16.0 Å². The van der Waals surface area contributed by atoms with Crippen LogP contribution < -0.4 is 11.1 Å². The zero-order valence-electron chi connectivity index (χ0n) is 11.3. The van der Waals surface area contributed by atoms with Gasteiger partial charge in [-0.3, -0.25) is 9.59 Å². The van der Waals surface area contributed by atoms with Crippen LogP contribution in [0.3, 0.4) is 0 Å². The molecule has 1 atom stereocenters. The second-order valence-corrected chi connectivity index (χ2v) is 4.81. The van der Waals surface area contributed by atoms with Gasteiger partial charge in [0.25, 0.3) is 5.91 Å². The molecule has 3 N–H and O–H groups in total. The monoisotopic (exact) mass is 261 g/mol. The number of anilines is 1. The van der Waals surface area contributed by atoms with Crippen molar-refractivity contribution in [1.29, 1.82) is 0 Å².